The van der Waals surface area contributed by atoms with Crippen molar-refractivity contribution in [3.05, 3.63) is 83.7 Å². The van der Waals surface area contributed by atoms with Gasteiger partial charge in [0.1, 0.15) is 28.7 Å². The Morgan fingerprint density at radius 1 is 1.08 bits per heavy atom. The van der Waals surface area contributed by atoms with Crippen molar-refractivity contribution in [1.29, 1.82) is 0 Å². The first kappa shape index (κ1) is 22.6. The molecule has 2 N–H and O–H groups in total. The maximum atomic E-state index is 15.7. The molecule has 36 heavy (non-hydrogen) atoms. The van der Waals surface area contributed by atoms with Crippen molar-refractivity contribution in [1.82, 2.24) is 19.3 Å². The molecule has 4 heterocycles. The molecule has 8 heteroatoms. The van der Waals surface area contributed by atoms with Crippen molar-refractivity contribution in [3.63, 3.8) is 0 Å². The van der Waals surface area contributed by atoms with Crippen molar-refractivity contribution in [2.45, 2.75) is 50.2 Å². The monoisotopic (exact) mass is 487 g/mol. The van der Waals surface area contributed by atoms with E-state index in [1.807, 2.05) is 27.6 Å². The summed E-state index contributed by atoms with van der Waals surface area (Å²) in [6.07, 6.45) is 6.97. The number of fused-ring (bicyclic) bond motifs is 2. The van der Waals surface area contributed by atoms with Gasteiger partial charge in [-0.05, 0) is 49.4 Å². The van der Waals surface area contributed by atoms with Gasteiger partial charge in [-0.3, -0.25) is 9.20 Å². The molecule has 0 radical (unpaired) electrons. The highest BCUT2D eigenvalue weighted by Gasteiger charge is 2.38. The summed E-state index contributed by atoms with van der Waals surface area (Å²) in [5.41, 5.74) is 7.26. The molecule has 2 fully saturated rings. The number of imidazole rings is 1. The lowest BCUT2D eigenvalue weighted by molar-refractivity contribution is -0.130. The molecule has 2 saturated heterocycles. The fourth-order valence-electron chi connectivity index (χ4n) is 5.74. The molecule has 0 spiro atoms. The van der Waals surface area contributed by atoms with Crippen LogP contribution in [0.2, 0.25) is 0 Å². The predicted octanol–water partition coefficient (Wildman–Crippen LogP) is 5.22. The summed E-state index contributed by atoms with van der Waals surface area (Å²) < 4.78 is 31.4. The Kier molecular flexibility index (Phi) is 5.28. The van der Waals surface area contributed by atoms with Gasteiger partial charge in [0.25, 0.3) is 0 Å². The average molecular weight is 488 g/mol. The molecule has 2 aromatic heterocycles. The first-order valence-corrected chi connectivity index (χ1v) is 12.3. The van der Waals surface area contributed by atoms with Gasteiger partial charge >= 0.3 is 0 Å². The normalized spacial score (nSPS) is 21.5. The molecule has 2 aliphatic rings. The van der Waals surface area contributed by atoms with Gasteiger partial charge in [0, 0.05) is 42.9 Å². The van der Waals surface area contributed by atoms with Crippen molar-refractivity contribution in [2.24, 2.45) is 0 Å². The standard InChI is InChI=1S/C28H27F2N5O/c1-28(30,20-3-2-4-21(29)15-20)19-8-5-17(6-9-19)24-25-26(31)32-13-14-34(25)27(33-24)18-7-10-22-11-12-23(36)35(22)16-18/h2-6,8-9,13-15,18,22H,7,10-12,16H2,1H3,(H2,31,32)/t18-,22+,28?/m1/s1. The number of piperidine rings is 1. The molecular formula is C28H27F2N5O. The molecule has 0 saturated carbocycles. The summed E-state index contributed by atoms with van der Waals surface area (Å²) in [5.74, 6) is 1.04. The molecule has 0 aliphatic carbocycles. The number of nitrogens with zero attached hydrogens (tertiary/aromatic N) is 4. The molecular weight excluding hydrogens is 460 g/mol. The third kappa shape index (κ3) is 3.63. The minimum absolute atomic E-state index is 0.0905. The van der Waals surface area contributed by atoms with E-state index in [-0.39, 0.29) is 17.4 Å². The van der Waals surface area contributed by atoms with Crippen LogP contribution in [-0.2, 0) is 10.5 Å². The Morgan fingerprint density at radius 3 is 2.67 bits per heavy atom. The van der Waals surface area contributed by atoms with Gasteiger partial charge in [-0.1, -0.05) is 36.4 Å². The van der Waals surface area contributed by atoms with Gasteiger partial charge in [-0.2, -0.15) is 0 Å². The number of alkyl halides is 1. The zero-order valence-corrected chi connectivity index (χ0v) is 20.0. The van der Waals surface area contributed by atoms with Gasteiger partial charge < -0.3 is 10.6 Å². The zero-order chi connectivity index (χ0) is 25.0. The maximum Gasteiger partial charge on any atom is 0.222 e. The molecule has 6 nitrogen and oxygen atoms in total. The van der Waals surface area contributed by atoms with E-state index in [0.717, 1.165) is 30.7 Å². The molecule has 184 valence electrons. The van der Waals surface area contributed by atoms with E-state index >= 15 is 4.39 Å². The number of amides is 1. The highest BCUT2D eigenvalue weighted by atomic mass is 19.1. The fraction of sp³-hybridized carbons (Fsp3) is 0.321. The summed E-state index contributed by atoms with van der Waals surface area (Å²) in [7, 11) is 0. The van der Waals surface area contributed by atoms with E-state index in [9.17, 15) is 9.18 Å². The first-order chi connectivity index (χ1) is 17.3. The second kappa shape index (κ2) is 8.40. The Morgan fingerprint density at radius 2 is 1.89 bits per heavy atom. The van der Waals surface area contributed by atoms with Crippen molar-refractivity contribution < 1.29 is 13.6 Å². The molecule has 6 rings (SSSR count). The van der Waals surface area contributed by atoms with Crippen LogP contribution in [0.1, 0.15) is 55.5 Å². The number of carbonyl (C=O) groups is 1. The largest absolute Gasteiger partial charge is 0.382 e. The highest BCUT2D eigenvalue weighted by Crippen LogP contribution is 2.39. The smallest absolute Gasteiger partial charge is 0.222 e. The number of nitrogens with two attached hydrogens (primary N) is 1. The Balaban J connectivity index is 1.38. The van der Waals surface area contributed by atoms with Crippen molar-refractivity contribution >= 4 is 17.2 Å². The van der Waals surface area contributed by atoms with Crippen LogP contribution in [0.25, 0.3) is 16.8 Å². The summed E-state index contributed by atoms with van der Waals surface area (Å²) in [5, 5.41) is 0. The Labute approximate surface area is 207 Å². The van der Waals surface area contributed by atoms with E-state index in [4.69, 9.17) is 10.7 Å². The number of rotatable bonds is 4. The number of halogens is 2. The third-order valence-corrected chi connectivity index (χ3v) is 7.76. The first-order valence-electron chi connectivity index (χ1n) is 12.3. The maximum absolute atomic E-state index is 15.7. The van der Waals surface area contributed by atoms with Crippen LogP contribution in [-0.4, -0.2) is 37.8 Å². The van der Waals surface area contributed by atoms with Gasteiger partial charge in [0.05, 0.1) is 0 Å². The Hall–Kier alpha value is -3.81. The SMILES string of the molecule is CC(F)(c1ccc(-c2nc([C@@H]3CC[C@H]4CCC(=O)N4C3)n3ccnc(N)c23)cc1)c1cccc(F)c1. The van der Waals surface area contributed by atoms with Crippen LogP contribution in [0.3, 0.4) is 0 Å². The van der Waals surface area contributed by atoms with E-state index in [2.05, 4.69) is 4.98 Å². The van der Waals surface area contributed by atoms with E-state index in [0.29, 0.717) is 41.6 Å². The number of nitrogen functional groups attached to an aromatic ring is 1. The van der Waals surface area contributed by atoms with Crippen LogP contribution >= 0.6 is 0 Å². The lowest BCUT2D eigenvalue weighted by Gasteiger charge is -2.34. The summed E-state index contributed by atoms with van der Waals surface area (Å²) >= 11 is 0. The molecule has 4 aromatic rings. The molecule has 2 aromatic carbocycles. The van der Waals surface area contributed by atoms with Crippen LogP contribution in [0.5, 0.6) is 0 Å². The summed E-state index contributed by atoms with van der Waals surface area (Å²) in [4.78, 5) is 23.7. The lowest BCUT2D eigenvalue weighted by atomic mass is 9.89. The Bertz CT molecular complexity index is 1460. The highest BCUT2D eigenvalue weighted by molar-refractivity contribution is 5.85. The second-order valence-corrected chi connectivity index (χ2v) is 9.95. The lowest BCUT2D eigenvalue weighted by Crippen LogP contribution is -2.41. The average Bonchev–Trinajstić information content (AvgIpc) is 3.45. The topological polar surface area (TPSA) is 76.5 Å². The number of hydrogen-bond donors (Lipinski definition) is 1. The van der Waals surface area contributed by atoms with E-state index in [1.165, 1.54) is 25.1 Å². The molecule has 0 bridgehead atoms. The van der Waals surface area contributed by atoms with Crippen LogP contribution < -0.4 is 5.73 Å². The minimum Gasteiger partial charge on any atom is -0.382 e. The molecule has 1 unspecified atom stereocenters. The van der Waals surface area contributed by atoms with Crippen LogP contribution in [0, 0.1) is 5.82 Å². The quantitative estimate of drug-likeness (QED) is 0.428. The summed E-state index contributed by atoms with van der Waals surface area (Å²) in [6.45, 7) is 2.08. The molecule has 2 aliphatic heterocycles. The second-order valence-electron chi connectivity index (χ2n) is 9.95. The third-order valence-electron chi connectivity index (χ3n) is 7.76. The molecule has 3 atom stereocenters. The summed E-state index contributed by atoms with van der Waals surface area (Å²) in [6, 6.07) is 13.0. The van der Waals surface area contributed by atoms with Crippen molar-refractivity contribution in [3.8, 4) is 11.3 Å². The molecule has 1 amide bonds. The number of carbonyl (C=O) groups excluding carboxylic acids is 1. The number of anilines is 1. The zero-order valence-electron chi connectivity index (χ0n) is 20.0. The number of benzene rings is 2. The van der Waals surface area contributed by atoms with Gasteiger partial charge in [-0.15, -0.1) is 0 Å². The van der Waals surface area contributed by atoms with Gasteiger partial charge in [0.15, 0.2) is 5.67 Å². The van der Waals surface area contributed by atoms with E-state index in [1.54, 1.807) is 24.4 Å². The fourth-order valence-corrected chi connectivity index (χ4v) is 5.74. The van der Waals surface area contributed by atoms with E-state index < -0.39 is 11.5 Å². The van der Waals surface area contributed by atoms with Gasteiger partial charge in [0.2, 0.25) is 5.91 Å². The number of aromatic nitrogens is 3. The van der Waals surface area contributed by atoms with Crippen LogP contribution in [0.15, 0.2) is 60.9 Å². The van der Waals surface area contributed by atoms with Crippen LogP contribution in [0.4, 0.5) is 14.6 Å². The predicted molar refractivity (Wildman–Crippen MR) is 134 cm³/mol. The van der Waals surface area contributed by atoms with Crippen molar-refractivity contribution in [2.75, 3.05) is 12.3 Å². The van der Waals surface area contributed by atoms with Gasteiger partial charge in [-0.25, -0.2) is 18.7 Å². The minimum atomic E-state index is -1.86. The number of hydrogen-bond acceptors (Lipinski definition) is 4.